The second-order valence-corrected chi connectivity index (χ2v) is 7.44. The van der Waals surface area contributed by atoms with E-state index in [1.165, 1.54) is 12.3 Å². The van der Waals surface area contributed by atoms with Crippen molar-refractivity contribution in [3.63, 3.8) is 0 Å². The van der Waals surface area contributed by atoms with E-state index in [4.69, 9.17) is 9.47 Å². The molecular weight excluding hydrogens is 391 g/mol. The summed E-state index contributed by atoms with van der Waals surface area (Å²) in [5, 5.41) is 7.90. The molecule has 2 rings (SSSR count). The van der Waals surface area contributed by atoms with Crippen molar-refractivity contribution in [3.8, 4) is 0 Å². The molecule has 30 heavy (non-hydrogen) atoms. The Labute approximate surface area is 175 Å². The second kappa shape index (κ2) is 11.0. The van der Waals surface area contributed by atoms with Gasteiger partial charge in [0, 0.05) is 25.8 Å². The molecule has 8 nitrogen and oxygen atoms in total. The first-order valence-corrected chi connectivity index (χ1v) is 9.52. The number of nitrogens with one attached hydrogen (secondary N) is 3. The molecule has 1 aromatic carbocycles. The zero-order valence-electron chi connectivity index (χ0n) is 17.3. The van der Waals surface area contributed by atoms with Crippen LogP contribution in [0.1, 0.15) is 31.9 Å². The molecule has 0 unspecified atom stereocenters. The summed E-state index contributed by atoms with van der Waals surface area (Å²) in [7, 11) is 0. The van der Waals surface area contributed by atoms with E-state index in [0.29, 0.717) is 5.56 Å². The van der Waals surface area contributed by atoms with E-state index in [9.17, 15) is 14.0 Å². The zero-order chi connectivity index (χ0) is 22.0. The molecule has 9 heteroatoms. The minimum Gasteiger partial charge on any atom is -0.445 e. The summed E-state index contributed by atoms with van der Waals surface area (Å²) in [6.45, 7) is 6.05. The Morgan fingerprint density at radius 2 is 1.77 bits per heavy atom. The summed E-state index contributed by atoms with van der Waals surface area (Å²) < 4.78 is 24.4. The normalized spacial score (nSPS) is 10.8. The number of benzene rings is 1. The van der Waals surface area contributed by atoms with Gasteiger partial charge in [-0.1, -0.05) is 30.3 Å². The first-order valence-electron chi connectivity index (χ1n) is 9.52. The van der Waals surface area contributed by atoms with E-state index in [1.54, 1.807) is 20.8 Å². The van der Waals surface area contributed by atoms with Crippen LogP contribution in [0.5, 0.6) is 0 Å². The van der Waals surface area contributed by atoms with Crippen molar-refractivity contribution < 1.29 is 23.5 Å². The Morgan fingerprint density at radius 3 is 2.43 bits per heavy atom. The molecule has 0 fully saturated rings. The lowest BCUT2D eigenvalue weighted by Gasteiger charge is -2.19. The number of ether oxygens (including phenoxy) is 2. The number of carbonyl (C=O) groups excluding carboxylic acids is 2. The SMILES string of the molecule is CC(C)(C)OC(=O)NCCNc1ncc(CNC(=O)OCc2ccccc2)cc1F. The number of hydrogen-bond acceptors (Lipinski definition) is 6. The van der Waals surface area contributed by atoms with E-state index in [2.05, 4.69) is 20.9 Å². The number of pyridine rings is 1. The van der Waals surface area contributed by atoms with Gasteiger partial charge < -0.3 is 25.4 Å². The largest absolute Gasteiger partial charge is 0.445 e. The predicted octanol–water partition coefficient (Wildman–Crippen LogP) is 3.58. The van der Waals surface area contributed by atoms with Crippen LogP contribution in [0.4, 0.5) is 19.8 Å². The molecule has 0 aliphatic heterocycles. The van der Waals surface area contributed by atoms with Crippen LogP contribution < -0.4 is 16.0 Å². The first kappa shape index (κ1) is 22.9. The lowest BCUT2D eigenvalue weighted by atomic mass is 10.2. The fourth-order valence-electron chi connectivity index (χ4n) is 2.31. The number of anilines is 1. The van der Waals surface area contributed by atoms with Gasteiger partial charge in [0.1, 0.15) is 12.2 Å². The van der Waals surface area contributed by atoms with Crippen LogP contribution in [0, 0.1) is 5.82 Å². The van der Waals surface area contributed by atoms with Crippen molar-refractivity contribution in [2.45, 2.75) is 39.5 Å². The number of carbonyl (C=O) groups is 2. The van der Waals surface area contributed by atoms with Gasteiger partial charge in [-0.05, 0) is 38.0 Å². The van der Waals surface area contributed by atoms with Gasteiger partial charge in [-0.15, -0.1) is 0 Å². The molecule has 2 amide bonds. The second-order valence-electron chi connectivity index (χ2n) is 7.44. The van der Waals surface area contributed by atoms with Gasteiger partial charge in [-0.25, -0.2) is 19.0 Å². The fraction of sp³-hybridized carbons (Fsp3) is 0.381. The van der Waals surface area contributed by atoms with Crippen LogP contribution in [0.3, 0.4) is 0 Å². The highest BCUT2D eigenvalue weighted by atomic mass is 19.1. The maximum atomic E-state index is 14.2. The molecule has 0 bridgehead atoms. The van der Waals surface area contributed by atoms with E-state index in [0.717, 1.165) is 5.56 Å². The van der Waals surface area contributed by atoms with Gasteiger partial charge in [-0.2, -0.15) is 0 Å². The first-order chi connectivity index (χ1) is 14.2. The van der Waals surface area contributed by atoms with Crippen molar-refractivity contribution in [2.24, 2.45) is 0 Å². The summed E-state index contributed by atoms with van der Waals surface area (Å²) in [4.78, 5) is 27.3. The third-order valence-corrected chi connectivity index (χ3v) is 3.63. The number of hydrogen-bond donors (Lipinski definition) is 3. The fourth-order valence-corrected chi connectivity index (χ4v) is 2.31. The third kappa shape index (κ3) is 8.76. The molecule has 2 aromatic rings. The average Bonchev–Trinajstić information content (AvgIpc) is 2.68. The monoisotopic (exact) mass is 418 g/mol. The molecule has 0 spiro atoms. The van der Waals surface area contributed by atoms with E-state index >= 15 is 0 Å². The van der Waals surface area contributed by atoms with Gasteiger partial charge in [0.2, 0.25) is 0 Å². The zero-order valence-corrected chi connectivity index (χ0v) is 17.3. The molecule has 162 valence electrons. The van der Waals surface area contributed by atoms with Crippen LogP contribution in [0.25, 0.3) is 0 Å². The minimum absolute atomic E-state index is 0.0522. The molecule has 1 aromatic heterocycles. The highest BCUT2D eigenvalue weighted by Gasteiger charge is 2.15. The summed E-state index contributed by atoms with van der Waals surface area (Å²) in [5.74, 6) is -0.513. The van der Waals surface area contributed by atoms with Crippen LogP contribution in [0.15, 0.2) is 42.6 Å². The summed E-state index contributed by atoms with van der Waals surface area (Å²) in [5.41, 5.74) is 0.779. The smallest absolute Gasteiger partial charge is 0.407 e. The minimum atomic E-state index is -0.602. The van der Waals surface area contributed by atoms with Gasteiger partial charge in [-0.3, -0.25) is 0 Å². The number of rotatable bonds is 8. The van der Waals surface area contributed by atoms with Crippen LogP contribution in [-0.4, -0.2) is 35.9 Å². The van der Waals surface area contributed by atoms with Gasteiger partial charge in [0.05, 0.1) is 0 Å². The van der Waals surface area contributed by atoms with E-state index in [1.807, 2.05) is 30.3 Å². The molecule has 0 saturated heterocycles. The highest BCUT2D eigenvalue weighted by molar-refractivity contribution is 5.67. The molecule has 3 N–H and O–H groups in total. The third-order valence-electron chi connectivity index (χ3n) is 3.63. The number of halogens is 1. The number of alkyl carbamates (subject to hydrolysis) is 2. The summed E-state index contributed by atoms with van der Waals surface area (Å²) in [6, 6.07) is 10.6. The van der Waals surface area contributed by atoms with Crippen LogP contribution in [-0.2, 0) is 22.6 Å². The molecule has 0 atom stereocenters. The lowest BCUT2D eigenvalue weighted by Crippen LogP contribution is -2.35. The van der Waals surface area contributed by atoms with E-state index < -0.39 is 23.6 Å². The Hall–Kier alpha value is -3.36. The molecule has 0 saturated carbocycles. The van der Waals surface area contributed by atoms with Crippen molar-refractivity contribution >= 4 is 18.0 Å². The standard InChI is InChI=1S/C21H27FN4O4/c1-21(2,3)30-20(28)24-10-9-23-18-17(22)11-16(12-25-18)13-26-19(27)29-14-15-7-5-4-6-8-15/h4-8,11-12H,9-10,13-14H2,1-3H3,(H,23,25)(H,24,28)(H,26,27). The molecule has 0 aliphatic rings. The van der Waals surface area contributed by atoms with Gasteiger partial charge in [0.25, 0.3) is 0 Å². The molecule has 0 radical (unpaired) electrons. The summed E-state index contributed by atoms with van der Waals surface area (Å²) in [6.07, 6.45) is 0.303. The van der Waals surface area contributed by atoms with Crippen LogP contribution >= 0.6 is 0 Å². The maximum absolute atomic E-state index is 14.2. The Bertz CT molecular complexity index is 841. The van der Waals surface area contributed by atoms with Crippen molar-refractivity contribution in [1.82, 2.24) is 15.6 Å². The lowest BCUT2D eigenvalue weighted by molar-refractivity contribution is 0.0530. The number of nitrogens with zero attached hydrogens (tertiary/aromatic N) is 1. The number of aromatic nitrogens is 1. The van der Waals surface area contributed by atoms with Crippen molar-refractivity contribution in [3.05, 3.63) is 59.5 Å². The topological polar surface area (TPSA) is 102 Å². The van der Waals surface area contributed by atoms with E-state index in [-0.39, 0.29) is 32.1 Å². The highest BCUT2D eigenvalue weighted by Crippen LogP contribution is 2.12. The average molecular weight is 418 g/mol. The Kier molecular flexibility index (Phi) is 8.40. The quantitative estimate of drug-likeness (QED) is 0.567. The van der Waals surface area contributed by atoms with Crippen molar-refractivity contribution in [2.75, 3.05) is 18.4 Å². The Morgan fingerprint density at radius 1 is 1.03 bits per heavy atom. The Balaban J connectivity index is 1.70. The molecule has 1 heterocycles. The van der Waals surface area contributed by atoms with Crippen molar-refractivity contribution in [1.29, 1.82) is 0 Å². The maximum Gasteiger partial charge on any atom is 0.407 e. The van der Waals surface area contributed by atoms with Gasteiger partial charge in [0.15, 0.2) is 11.6 Å². The molecule has 0 aliphatic carbocycles. The van der Waals surface area contributed by atoms with Gasteiger partial charge >= 0.3 is 12.2 Å². The summed E-state index contributed by atoms with van der Waals surface area (Å²) >= 11 is 0. The molecular formula is C21H27FN4O4. The van der Waals surface area contributed by atoms with Crippen LogP contribution in [0.2, 0.25) is 0 Å². The number of amides is 2. The predicted molar refractivity (Wildman–Crippen MR) is 110 cm³/mol.